The zero-order valence-corrected chi connectivity index (χ0v) is 14.8. The van der Waals surface area contributed by atoms with Crippen molar-refractivity contribution in [2.24, 2.45) is 7.05 Å². The Morgan fingerprint density at radius 3 is 2.50 bits per heavy atom. The van der Waals surface area contributed by atoms with E-state index in [9.17, 15) is 0 Å². The van der Waals surface area contributed by atoms with Gasteiger partial charge in [-0.05, 0) is 29.8 Å². The number of para-hydroxylation sites is 1. The molecule has 0 saturated carbocycles. The van der Waals surface area contributed by atoms with E-state index in [2.05, 4.69) is 16.7 Å². The molecule has 4 aromatic rings. The van der Waals surface area contributed by atoms with Crippen molar-refractivity contribution in [1.29, 1.82) is 0 Å². The Morgan fingerprint density at radius 1 is 0.923 bits per heavy atom. The van der Waals surface area contributed by atoms with Crippen molar-refractivity contribution in [2.45, 2.75) is 6.61 Å². The number of hydrogen-bond acceptors (Lipinski definition) is 3. The van der Waals surface area contributed by atoms with E-state index in [-0.39, 0.29) is 0 Å². The van der Waals surface area contributed by atoms with Gasteiger partial charge in [-0.2, -0.15) is 0 Å². The molecule has 0 bridgehead atoms. The molecular formula is C22H20N2O2. The molecule has 0 fully saturated rings. The van der Waals surface area contributed by atoms with Crippen molar-refractivity contribution in [3.63, 3.8) is 0 Å². The van der Waals surface area contributed by atoms with Crippen LogP contribution in [-0.4, -0.2) is 16.7 Å². The molecule has 0 aliphatic carbocycles. The Bertz CT molecular complexity index is 1040. The molecule has 26 heavy (non-hydrogen) atoms. The smallest absolute Gasteiger partial charge is 0.144 e. The van der Waals surface area contributed by atoms with Crippen molar-refractivity contribution in [3.05, 3.63) is 78.4 Å². The highest BCUT2D eigenvalue weighted by Crippen LogP contribution is 2.32. The summed E-state index contributed by atoms with van der Waals surface area (Å²) in [5.74, 6) is 2.49. The number of hydrogen-bond donors (Lipinski definition) is 0. The highest BCUT2D eigenvalue weighted by Gasteiger charge is 2.14. The van der Waals surface area contributed by atoms with Gasteiger partial charge in [0, 0.05) is 13.1 Å². The zero-order chi connectivity index (χ0) is 17.9. The average molecular weight is 344 g/mol. The van der Waals surface area contributed by atoms with Gasteiger partial charge in [-0.15, -0.1) is 0 Å². The summed E-state index contributed by atoms with van der Waals surface area (Å²) in [5.41, 5.74) is 4.07. The summed E-state index contributed by atoms with van der Waals surface area (Å²) in [6.45, 7) is 0.523. The number of benzene rings is 3. The van der Waals surface area contributed by atoms with Gasteiger partial charge in [-0.25, -0.2) is 4.98 Å². The fraction of sp³-hybridized carbons (Fsp3) is 0.136. The third-order valence-electron chi connectivity index (χ3n) is 4.45. The number of rotatable bonds is 5. The summed E-state index contributed by atoms with van der Waals surface area (Å²) >= 11 is 0. The summed E-state index contributed by atoms with van der Waals surface area (Å²) in [4.78, 5) is 4.81. The topological polar surface area (TPSA) is 36.3 Å². The minimum Gasteiger partial charge on any atom is -0.497 e. The molecule has 130 valence electrons. The first kappa shape index (κ1) is 16.2. The van der Waals surface area contributed by atoms with Crippen LogP contribution in [0.3, 0.4) is 0 Å². The van der Waals surface area contributed by atoms with Crippen molar-refractivity contribution >= 4 is 11.0 Å². The minimum absolute atomic E-state index is 0.523. The normalized spacial score (nSPS) is 10.8. The molecule has 0 spiro atoms. The second-order valence-corrected chi connectivity index (χ2v) is 6.12. The number of nitrogens with zero attached hydrogens (tertiary/aromatic N) is 2. The molecule has 0 N–H and O–H groups in total. The van der Waals surface area contributed by atoms with E-state index in [1.807, 2.05) is 67.7 Å². The van der Waals surface area contributed by atoms with E-state index < -0.39 is 0 Å². The average Bonchev–Trinajstić information content (AvgIpc) is 3.03. The largest absolute Gasteiger partial charge is 0.497 e. The highest BCUT2D eigenvalue weighted by molar-refractivity contribution is 5.83. The first-order valence-corrected chi connectivity index (χ1v) is 8.53. The monoisotopic (exact) mass is 344 g/mol. The molecule has 3 aromatic carbocycles. The van der Waals surface area contributed by atoms with Gasteiger partial charge in [0.05, 0.1) is 23.7 Å². The lowest BCUT2D eigenvalue weighted by Crippen LogP contribution is -1.99. The Hall–Kier alpha value is -3.27. The predicted octanol–water partition coefficient (Wildman–Crippen LogP) is 4.83. The van der Waals surface area contributed by atoms with Crippen LogP contribution in [0, 0.1) is 0 Å². The van der Waals surface area contributed by atoms with Gasteiger partial charge in [-0.1, -0.05) is 42.5 Å². The van der Waals surface area contributed by atoms with E-state index in [1.165, 1.54) is 0 Å². The maximum atomic E-state index is 6.10. The summed E-state index contributed by atoms with van der Waals surface area (Å²) in [6.07, 6.45) is 0. The zero-order valence-electron chi connectivity index (χ0n) is 14.8. The summed E-state index contributed by atoms with van der Waals surface area (Å²) < 4.78 is 13.5. The van der Waals surface area contributed by atoms with Crippen LogP contribution in [0.4, 0.5) is 0 Å². The molecule has 0 aliphatic heterocycles. The van der Waals surface area contributed by atoms with Gasteiger partial charge in [0.25, 0.3) is 0 Å². The van der Waals surface area contributed by atoms with E-state index in [0.29, 0.717) is 6.61 Å². The van der Waals surface area contributed by atoms with Crippen molar-refractivity contribution in [2.75, 3.05) is 7.11 Å². The Labute approximate surface area is 152 Å². The summed E-state index contributed by atoms with van der Waals surface area (Å²) in [7, 11) is 3.68. The van der Waals surface area contributed by atoms with Crippen LogP contribution in [0.2, 0.25) is 0 Å². The summed E-state index contributed by atoms with van der Waals surface area (Å²) in [5, 5.41) is 0. The summed E-state index contributed by atoms with van der Waals surface area (Å²) in [6, 6.07) is 24.1. The first-order valence-electron chi connectivity index (χ1n) is 8.53. The number of methoxy groups -OCH3 is 1. The van der Waals surface area contributed by atoms with E-state index in [1.54, 1.807) is 7.11 Å². The van der Waals surface area contributed by atoms with Gasteiger partial charge in [-0.3, -0.25) is 0 Å². The lowest BCUT2D eigenvalue weighted by Gasteiger charge is -2.11. The van der Waals surface area contributed by atoms with Crippen molar-refractivity contribution < 1.29 is 9.47 Å². The molecule has 1 heterocycles. The molecular weight excluding hydrogens is 324 g/mol. The molecule has 0 atom stereocenters. The van der Waals surface area contributed by atoms with Crippen LogP contribution in [0.15, 0.2) is 72.8 Å². The minimum atomic E-state index is 0.523. The van der Waals surface area contributed by atoms with Gasteiger partial charge in [0.2, 0.25) is 0 Å². The number of aromatic nitrogens is 2. The van der Waals surface area contributed by atoms with Crippen LogP contribution in [-0.2, 0) is 13.7 Å². The molecule has 0 unspecified atom stereocenters. The maximum absolute atomic E-state index is 6.10. The lowest BCUT2D eigenvalue weighted by molar-refractivity contribution is 0.307. The van der Waals surface area contributed by atoms with Crippen LogP contribution in [0.1, 0.15) is 5.56 Å². The van der Waals surface area contributed by atoms with Crippen molar-refractivity contribution in [1.82, 2.24) is 9.55 Å². The van der Waals surface area contributed by atoms with Crippen LogP contribution in [0.25, 0.3) is 22.4 Å². The lowest BCUT2D eigenvalue weighted by atomic mass is 10.2. The Morgan fingerprint density at radius 2 is 1.69 bits per heavy atom. The SMILES string of the molecule is COc1ccc2c(c1)nc(-c1ccccc1OCc1ccccc1)n2C. The Balaban J connectivity index is 1.72. The molecule has 0 radical (unpaired) electrons. The highest BCUT2D eigenvalue weighted by atomic mass is 16.5. The molecule has 0 amide bonds. The molecule has 0 aliphatic rings. The van der Waals surface area contributed by atoms with Gasteiger partial charge in [0.15, 0.2) is 0 Å². The second kappa shape index (κ2) is 6.92. The standard InChI is InChI=1S/C22H20N2O2/c1-24-20-13-12-17(25-2)14-19(20)23-22(24)18-10-6-7-11-21(18)26-15-16-8-4-3-5-9-16/h3-14H,15H2,1-2H3. The molecule has 1 aromatic heterocycles. The Kier molecular flexibility index (Phi) is 4.32. The van der Waals surface area contributed by atoms with E-state index >= 15 is 0 Å². The molecule has 4 heteroatoms. The van der Waals surface area contributed by atoms with Gasteiger partial charge < -0.3 is 14.0 Å². The second-order valence-electron chi connectivity index (χ2n) is 6.12. The number of fused-ring (bicyclic) bond motifs is 1. The number of ether oxygens (including phenoxy) is 2. The fourth-order valence-corrected chi connectivity index (χ4v) is 3.06. The fourth-order valence-electron chi connectivity index (χ4n) is 3.06. The molecule has 4 nitrogen and oxygen atoms in total. The third-order valence-corrected chi connectivity index (χ3v) is 4.45. The molecule has 0 saturated heterocycles. The van der Waals surface area contributed by atoms with Crippen molar-refractivity contribution in [3.8, 4) is 22.9 Å². The maximum Gasteiger partial charge on any atom is 0.144 e. The van der Waals surface area contributed by atoms with Crippen LogP contribution < -0.4 is 9.47 Å². The van der Waals surface area contributed by atoms with Gasteiger partial charge in [0.1, 0.15) is 23.9 Å². The molecule has 4 rings (SSSR count). The third kappa shape index (κ3) is 3.02. The number of imidazole rings is 1. The predicted molar refractivity (Wildman–Crippen MR) is 103 cm³/mol. The number of aryl methyl sites for hydroxylation is 1. The van der Waals surface area contributed by atoms with Crippen LogP contribution >= 0.6 is 0 Å². The first-order chi connectivity index (χ1) is 12.8. The van der Waals surface area contributed by atoms with Crippen LogP contribution in [0.5, 0.6) is 11.5 Å². The quantitative estimate of drug-likeness (QED) is 0.520. The van der Waals surface area contributed by atoms with Gasteiger partial charge >= 0.3 is 0 Å². The van der Waals surface area contributed by atoms with E-state index in [0.717, 1.165) is 39.5 Å². The van der Waals surface area contributed by atoms with E-state index in [4.69, 9.17) is 14.5 Å².